The Balaban J connectivity index is 1.55. The maximum absolute atomic E-state index is 13.2. The quantitative estimate of drug-likeness (QED) is 0.675. The summed E-state index contributed by atoms with van der Waals surface area (Å²) >= 11 is 0. The minimum atomic E-state index is 0.123. The van der Waals surface area contributed by atoms with E-state index in [1.807, 2.05) is 0 Å². The molecule has 0 aromatic carbocycles. The highest BCUT2D eigenvalue weighted by atomic mass is 16.6. The lowest BCUT2D eigenvalue weighted by molar-refractivity contribution is -0.168. The maximum Gasteiger partial charge on any atom is 0.159 e. The molecule has 0 aromatic rings. The number of rotatable bonds is 0. The van der Waals surface area contributed by atoms with Crippen LogP contribution in [-0.2, 0) is 14.3 Å². The van der Waals surface area contributed by atoms with E-state index in [2.05, 4.69) is 19.9 Å². The molecule has 1 heterocycles. The first-order valence-corrected chi connectivity index (χ1v) is 10.0. The number of ether oxygens (including phenoxy) is 2. The standard InChI is InChI=1S/C21H30O3/c1-20-7-4-3-5-13(20)11-16(22)18-14(20)6-8-21(2)15(18)12-17-19(21)24-10-9-23-17/h11,14-15,17-19H,3-10,12H2,1-2H3/t14-,15-,17?,18+,19?,20-,21-/m0/s1. The second-order valence-electron chi connectivity index (χ2n) is 9.42. The van der Waals surface area contributed by atoms with Crippen LogP contribution in [-0.4, -0.2) is 31.2 Å². The van der Waals surface area contributed by atoms with Crippen molar-refractivity contribution in [2.24, 2.45) is 28.6 Å². The summed E-state index contributed by atoms with van der Waals surface area (Å²) in [7, 11) is 0. The van der Waals surface area contributed by atoms with Crippen molar-refractivity contribution in [2.75, 3.05) is 13.2 Å². The van der Waals surface area contributed by atoms with E-state index in [1.54, 1.807) is 0 Å². The summed E-state index contributed by atoms with van der Waals surface area (Å²) in [6.45, 7) is 6.27. The highest BCUT2D eigenvalue weighted by molar-refractivity contribution is 5.94. The van der Waals surface area contributed by atoms with E-state index in [-0.39, 0.29) is 29.0 Å². The number of fused-ring (bicyclic) bond motifs is 7. The molecule has 0 radical (unpaired) electrons. The van der Waals surface area contributed by atoms with Crippen molar-refractivity contribution >= 4 is 5.78 Å². The van der Waals surface area contributed by atoms with Gasteiger partial charge in [0.2, 0.25) is 0 Å². The lowest BCUT2D eigenvalue weighted by Gasteiger charge is -2.56. The van der Waals surface area contributed by atoms with E-state index in [9.17, 15) is 4.79 Å². The zero-order valence-corrected chi connectivity index (χ0v) is 15.1. The molecular weight excluding hydrogens is 300 g/mol. The molecule has 5 rings (SSSR count). The lowest BCUT2D eigenvalue weighted by Crippen LogP contribution is -2.54. The van der Waals surface area contributed by atoms with Crippen molar-refractivity contribution < 1.29 is 14.3 Å². The van der Waals surface area contributed by atoms with E-state index in [1.165, 1.54) is 37.7 Å². The third-order valence-electron chi connectivity index (χ3n) is 8.48. The Bertz CT molecular complexity index is 596. The van der Waals surface area contributed by atoms with Crippen molar-refractivity contribution in [3.05, 3.63) is 11.6 Å². The van der Waals surface area contributed by atoms with E-state index >= 15 is 0 Å². The summed E-state index contributed by atoms with van der Waals surface area (Å²) in [5.74, 6) is 1.61. The molecule has 5 aliphatic rings. The van der Waals surface area contributed by atoms with Gasteiger partial charge in [-0.05, 0) is 67.3 Å². The molecule has 24 heavy (non-hydrogen) atoms. The number of ketones is 1. The molecule has 2 unspecified atom stereocenters. The van der Waals surface area contributed by atoms with Gasteiger partial charge in [-0.3, -0.25) is 4.79 Å². The lowest BCUT2D eigenvalue weighted by atomic mass is 9.48. The Morgan fingerprint density at radius 1 is 1.08 bits per heavy atom. The largest absolute Gasteiger partial charge is 0.373 e. The minimum absolute atomic E-state index is 0.123. The van der Waals surface area contributed by atoms with E-state index in [0.29, 0.717) is 30.8 Å². The number of carbonyl (C=O) groups is 1. The SMILES string of the molecule is C[C@]12CCCCC1=CC(=O)[C@@H]1[C@@H]2CC[C@]2(C)C3OCCOC3C[C@@H]12. The Labute approximate surface area is 145 Å². The van der Waals surface area contributed by atoms with Crippen LogP contribution in [0.5, 0.6) is 0 Å². The molecule has 3 nitrogen and oxygen atoms in total. The smallest absolute Gasteiger partial charge is 0.159 e. The van der Waals surface area contributed by atoms with Crippen molar-refractivity contribution in [1.29, 1.82) is 0 Å². The van der Waals surface area contributed by atoms with Gasteiger partial charge in [-0.25, -0.2) is 0 Å². The highest BCUT2D eigenvalue weighted by Crippen LogP contribution is 2.65. The van der Waals surface area contributed by atoms with Crippen LogP contribution in [0.15, 0.2) is 11.6 Å². The van der Waals surface area contributed by atoms with Gasteiger partial charge in [-0.1, -0.05) is 25.8 Å². The summed E-state index contributed by atoms with van der Waals surface area (Å²) in [4.78, 5) is 13.2. The molecule has 0 spiro atoms. The Morgan fingerprint density at radius 3 is 2.79 bits per heavy atom. The van der Waals surface area contributed by atoms with Crippen LogP contribution in [0.1, 0.15) is 58.8 Å². The summed E-state index contributed by atoms with van der Waals surface area (Å²) in [5, 5.41) is 0. The fourth-order valence-corrected chi connectivity index (χ4v) is 7.21. The van der Waals surface area contributed by atoms with Crippen LogP contribution in [0.25, 0.3) is 0 Å². The molecule has 3 heteroatoms. The molecule has 132 valence electrons. The number of carbonyl (C=O) groups excluding carboxylic acids is 1. The van der Waals surface area contributed by atoms with Gasteiger partial charge in [0.25, 0.3) is 0 Å². The Hall–Kier alpha value is -0.670. The number of hydrogen-bond donors (Lipinski definition) is 0. The molecule has 7 atom stereocenters. The van der Waals surface area contributed by atoms with Crippen LogP contribution >= 0.6 is 0 Å². The monoisotopic (exact) mass is 330 g/mol. The van der Waals surface area contributed by atoms with Gasteiger partial charge < -0.3 is 9.47 Å². The zero-order valence-electron chi connectivity index (χ0n) is 15.1. The van der Waals surface area contributed by atoms with Gasteiger partial charge in [-0.15, -0.1) is 0 Å². The van der Waals surface area contributed by atoms with Crippen LogP contribution < -0.4 is 0 Å². The molecule has 0 bridgehead atoms. The van der Waals surface area contributed by atoms with E-state index < -0.39 is 0 Å². The summed E-state index contributed by atoms with van der Waals surface area (Å²) in [5.41, 5.74) is 1.86. The molecule has 3 saturated carbocycles. The van der Waals surface area contributed by atoms with Crippen molar-refractivity contribution in [1.82, 2.24) is 0 Å². The van der Waals surface area contributed by atoms with Crippen LogP contribution in [0.4, 0.5) is 0 Å². The molecular formula is C21H30O3. The summed E-state index contributed by atoms with van der Waals surface area (Å²) in [6.07, 6.45) is 10.9. The van der Waals surface area contributed by atoms with Gasteiger partial charge >= 0.3 is 0 Å². The molecule has 4 aliphatic carbocycles. The fourth-order valence-electron chi connectivity index (χ4n) is 7.21. The predicted molar refractivity (Wildman–Crippen MR) is 91.6 cm³/mol. The van der Waals surface area contributed by atoms with Crippen LogP contribution in [0.2, 0.25) is 0 Å². The second kappa shape index (κ2) is 5.17. The Kier molecular flexibility index (Phi) is 3.35. The van der Waals surface area contributed by atoms with Gasteiger partial charge in [0.05, 0.1) is 25.4 Å². The third kappa shape index (κ3) is 1.89. The molecule has 0 aromatic heterocycles. The number of hydrogen-bond acceptors (Lipinski definition) is 3. The van der Waals surface area contributed by atoms with Crippen LogP contribution in [0.3, 0.4) is 0 Å². The summed E-state index contributed by atoms with van der Waals surface area (Å²) < 4.78 is 12.2. The van der Waals surface area contributed by atoms with Gasteiger partial charge in [0.15, 0.2) is 5.78 Å². The normalized spacial score (nSPS) is 53.5. The molecule has 0 N–H and O–H groups in total. The summed E-state index contributed by atoms with van der Waals surface area (Å²) in [6, 6.07) is 0. The zero-order chi connectivity index (χ0) is 16.5. The molecule has 1 aliphatic heterocycles. The molecule has 0 amide bonds. The van der Waals surface area contributed by atoms with E-state index in [4.69, 9.17) is 9.47 Å². The molecule has 1 saturated heterocycles. The highest BCUT2D eigenvalue weighted by Gasteiger charge is 2.64. The average Bonchev–Trinajstić information content (AvgIpc) is 2.88. The first-order chi connectivity index (χ1) is 11.5. The van der Waals surface area contributed by atoms with Gasteiger partial charge in [0, 0.05) is 5.92 Å². The Morgan fingerprint density at radius 2 is 1.92 bits per heavy atom. The van der Waals surface area contributed by atoms with E-state index in [0.717, 1.165) is 12.8 Å². The van der Waals surface area contributed by atoms with Crippen LogP contribution in [0, 0.1) is 28.6 Å². The topological polar surface area (TPSA) is 35.5 Å². The molecule has 4 fully saturated rings. The van der Waals surface area contributed by atoms with Crippen molar-refractivity contribution in [2.45, 2.75) is 71.0 Å². The van der Waals surface area contributed by atoms with Gasteiger partial charge in [0.1, 0.15) is 0 Å². The second-order valence-corrected chi connectivity index (χ2v) is 9.42. The predicted octanol–water partition coefficient (Wildman–Crippen LogP) is 3.91. The number of allylic oxidation sites excluding steroid dienone is 2. The fraction of sp³-hybridized carbons (Fsp3) is 0.857. The first kappa shape index (κ1) is 15.6. The first-order valence-electron chi connectivity index (χ1n) is 10.0. The van der Waals surface area contributed by atoms with Crippen molar-refractivity contribution in [3.63, 3.8) is 0 Å². The third-order valence-corrected chi connectivity index (χ3v) is 8.48. The minimum Gasteiger partial charge on any atom is -0.373 e. The average molecular weight is 330 g/mol. The van der Waals surface area contributed by atoms with Gasteiger partial charge in [-0.2, -0.15) is 0 Å². The maximum atomic E-state index is 13.2. The van der Waals surface area contributed by atoms with Crippen molar-refractivity contribution in [3.8, 4) is 0 Å².